The molecule has 1 atom stereocenters. The lowest BCUT2D eigenvalue weighted by Crippen LogP contribution is -2.34. The van der Waals surface area contributed by atoms with Crippen molar-refractivity contribution in [2.75, 3.05) is 5.32 Å². The van der Waals surface area contributed by atoms with E-state index in [1.54, 1.807) is 6.07 Å². The van der Waals surface area contributed by atoms with Gasteiger partial charge in [0.1, 0.15) is 5.82 Å². The van der Waals surface area contributed by atoms with E-state index in [1.807, 2.05) is 30.3 Å². The molecule has 1 aliphatic rings. The topological polar surface area (TPSA) is 58.2 Å². The normalized spacial score (nSPS) is 16.6. The molecule has 0 aliphatic carbocycles. The summed E-state index contributed by atoms with van der Waals surface area (Å²) >= 11 is 0. The van der Waals surface area contributed by atoms with Gasteiger partial charge in [-0.05, 0) is 23.3 Å². The highest BCUT2D eigenvalue weighted by Crippen LogP contribution is 2.32. The van der Waals surface area contributed by atoms with Gasteiger partial charge in [0.05, 0.1) is 5.92 Å². The van der Waals surface area contributed by atoms with Gasteiger partial charge in [0.15, 0.2) is 0 Å². The summed E-state index contributed by atoms with van der Waals surface area (Å²) in [5, 5.41) is 5.43. The molecule has 2 aromatic carbocycles. The molecule has 22 heavy (non-hydrogen) atoms. The molecule has 0 saturated heterocycles. The fourth-order valence-electron chi connectivity index (χ4n) is 2.58. The smallest absolute Gasteiger partial charge is 0.228 e. The fraction of sp³-hybridized carbons (Fsp3) is 0.176. The predicted octanol–water partition coefficient (Wildman–Crippen LogP) is 2.57. The third-order valence-electron chi connectivity index (χ3n) is 3.68. The van der Waals surface area contributed by atoms with Gasteiger partial charge in [0.2, 0.25) is 11.8 Å². The average Bonchev–Trinajstić information content (AvgIpc) is 2.52. The Labute approximate surface area is 127 Å². The van der Waals surface area contributed by atoms with Crippen molar-refractivity contribution in [2.24, 2.45) is 0 Å². The van der Waals surface area contributed by atoms with Crippen molar-refractivity contribution in [3.63, 3.8) is 0 Å². The summed E-state index contributed by atoms with van der Waals surface area (Å²) in [6.07, 6.45) is 0.0687. The SMILES string of the molecule is O=C1CC(C(=O)NCc2ccccc2)c2ccc(F)cc2N1. The molecule has 1 unspecified atom stereocenters. The zero-order valence-corrected chi connectivity index (χ0v) is 11.8. The monoisotopic (exact) mass is 298 g/mol. The summed E-state index contributed by atoms with van der Waals surface area (Å²) in [4.78, 5) is 24.1. The lowest BCUT2D eigenvalue weighted by Gasteiger charge is -2.24. The van der Waals surface area contributed by atoms with Crippen LogP contribution >= 0.6 is 0 Å². The molecule has 2 aromatic rings. The molecular weight excluding hydrogens is 283 g/mol. The Morgan fingerprint density at radius 2 is 2.00 bits per heavy atom. The number of carbonyl (C=O) groups excluding carboxylic acids is 2. The maximum Gasteiger partial charge on any atom is 0.228 e. The van der Waals surface area contributed by atoms with E-state index in [9.17, 15) is 14.0 Å². The fourth-order valence-corrected chi connectivity index (χ4v) is 2.58. The van der Waals surface area contributed by atoms with Gasteiger partial charge in [0, 0.05) is 18.7 Å². The first kappa shape index (κ1) is 14.3. The quantitative estimate of drug-likeness (QED) is 0.915. The van der Waals surface area contributed by atoms with Crippen LogP contribution in [0.25, 0.3) is 0 Å². The standard InChI is InChI=1S/C17H15FN2O2/c18-12-6-7-13-14(9-16(21)20-15(13)8-12)17(22)19-10-11-4-2-1-3-5-11/h1-8,14H,9-10H2,(H,19,22)(H,20,21). The van der Waals surface area contributed by atoms with E-state index >= 15 is 0 Å². The number of amides is 2. The number of hydrogen-bond acceptors (Lipinski definition) is 2. The van der Waals surface area contributed by atoms with E-state index in [0.717, 1.165) is 5.56 Å². The van der Waals surface area contributed by atoms with Crippen LogP contribution in [0.3, 0.4) is 0 Å². The van der Waals surface area contributed by atoms with Crippen LogP contribution in [0, 0.1) is 5.82 Å². The van der Waals surface area contributed by atoms with Crippen LogP contribution in [0.2, 0.25) is 0 Å². The number of halogens is 1. The van der Waals surface area contributed by atoms with Gasteiger partial charge >= 0.3 is 0 Å². The molecule has 1 aliphatic heterocycles. The first-order valence-corrected chi connectivity index (χ1v) is 7.04. The van der Waals surface area contributed by atoms with Gasteiger partial charge in [-0.3, -0.25) is 9.59 Å². The van der Waals surface area contributed by atoms with Crippen molar-refractivity contribution >= 4 is 17.5 Å². The highest BCUT2D eigenvalue weighted by atomic mass is 19.1. The average molecular weight is 298 g/mol. The summed E-state index contributed by atoms with van der Waals surface area (Å²) < 4.78 is 13.3. The Morgan fingerprint density at radius 3 is 2.77 bits per heavy atom. The minimum absolute atomic E-state index is 0.0687. The van der Waals surface area contributed by atoms with E-state index in [1.165, 1.54) is 12.1 Å². The van der Waals surface area contributed by atoms with Crippen LogP contribution in [-0.4, -0.2) is 11.8 Å². The number of anilines is 1. The third kappa shape index (κ3) is 2.98. The lowest BCUT2D eigenvalue weighted by atomic mass is 9.89. The van der Waals surface area contributed by atoms with Gasteiger partial charge in [-0.25, -0.2) is 4.39 Å². The minimum Gasteiger partial charge on any atom is -0.351 e. The van der Waals surface area contributed by atoms with Crippen molar-refractivity contribution in [3.8, 4) is 0 Å². The van der Waals surface area contributed by atoms with E-state index in [-0.39, 0.29) is 18.2 Å². The van der Waals surface area contributed by atoms with Crippen LogP contribution < -0.4 is 10.6 Å². The first-order chi connectivity index (χ1) is 10.6. The van der Waals surface area contributed by atoms with Crippen molar-refractivity contribution < 1.29 is 14.0 Å². The van der Waals surface area contributed by atoms with E-state index in [0.29, 0.717) is 17.8 Å². The van der Waals surface area contributed by atoms with Gasteiger partial charge in [-0.15, -0.1) is 0 Å². The second kappa shape index (κ2) is 5.97. The predicted molar refractivity (Wildman–Crippen MR) is 80.7 cm³/mol. The van der Waals surface area contributed by atoms with Crippen molar-refractivity contribution in [2.45, 2.75) is 18.9 Å². The van der Waals surface area contributed by atoms with E-state index in [4.69, 9.17) is 0 Å². The summed E-state index contributed by atoms with van der Waals surface area (Å²) in [6, 6.07) is 13.6. The Bertz CT molecular complexity index is 716. The highest BCUT2D eigenvalue weighted by molar-refractivity contribution is 6.01. The zero-order chi connectivity index (χ0) is 15.5. The number of fused-ring (bicyclic) bond motifs is 1. The van der Waals surface area contributed by atoms with Crippen LogP contribution in [0.15, 0.2) is 48.5 Å². The Balaban J connectivity index is 1.77. The summed E-state index contributed by atoms with van der Waals surface area (Å²) in [5.41, 5.74) is 2.00. The summed E-state index contributed by atoms with van der Waals surface area (Å²) in [5.74, 6) is -1.54. The number of hydrogen-bond donors (Lipinski definition) is 2. The van der Waals surface area contributed by atoms with Gasteiger partial charge in [-0.1, -0.05) is 36.4 Å². The molecule has 1 heterocycles. The van der Waals surface area contributed by atoms with Crippen molar-refractivity contribution in [1.82, 2.24) is 5.32 Å². The van der Waals surface area contributed by atoms with Gasteiger partial charge in [-0.2, -0.15) is 0 Å². The molecule has 0 saturated carbocycles. The highest BCUT2D eigenvalue weighted by Gasteiger charge is 2.30. The van der Waals surface area contributed by atoms with Crippen LogP contribution in [-0.2, 0) is 16.1 Å². The van der Waals surface area contributed by atoms with Crippen LogP contribution in [0.1, 0.15) is 23.5 Å². The maximum absolute atomic E-state index is 13.3. The Kier molecular flexibility index (Phi) is 3.87. The molecule has 0 bridgehead atoms. The second-order valence-corrected chi connectivity index (χ2v) is 5.24. The largest absolute Gasteiger partial charge is 0.351 e. The maximum atomic E-state index is 13.3. The molecule has 112 valence electrons. The van der Waals surface area contributed by atoms with Crippen molar-refractivity contribution in [1.29, 1.82) is 0 Å². The molecule has 0 spiro atoms. The molecule has 0 aromatic heterocycles. The molecule has 4 nitrogen and oxygen atoms in total. The zero-order valence-electron chi connectivity index (χ0n) is 11.8. The Morgan fingerprint density at radius 1 is 1.23 bits per heavy atom. The summed E-state index contributed by atoms with van der Waals surface area (Å²) in [6.45, 7) is 0.397. The van der Waals surface area contributed by atoms with Gasteiger partial charge < -0.3 is 10.6 Å². The molecule has 5 heteroatoms. The minimum atomic E-state index is -0.590. The van der Waals surface area contributed by atoms with Crippen LogP contribution in [0.5, 0.6) is 0 Å². The lowest BCUT2D eigenvalue weighted by molar-refractivity contribution is -0.126. The molecule has 2 N–H and O–H groups in total. The van der Waals surface area contributed by atoms with E-state index < -0.39 is 11.7 Å². The second-order valence-electron chi connectivity index (χ2n) is 5.24. The number of rotatable bonds is 3. The third-order valence-corrected chi connectivity index (χ3v) is 3.68. The van der Waals surface area contributed by atoms with Crippen molar-refractivity contribution in [3.05, 3.63) is 65.5 Å². The molecule has 0 radical (unpaired) electrons. The number of carbonyl (C=O) groups is 2. The summed E-state index contributed by atoms with van der Waals surface area (Å²) in [7, 11) is 0. The first-order valence-electron chi connectivity index (χ1n) is 7.04. The Hall–Kier alpha value is -2.69. The molecule has 2 amide bonds. The molecular formula is C17H15FN2O2. The van der Waals surface area contributed by atoms with Crippen LogP contribution in [0.4, 0.5) is 10.1 Å². The number of nitrogens with one attached hydrogen (secondary N) is 2. The van der Waals surface area contributed by atoms with Gasteiger partial charge in [0.25, 0.3) is 0 Å². The van der Waals surface area contributed by atoms with E-state index in [2.05, 4.69) is 10.6 Å². The molecule has 3 rings (SSSR count). The molecule has 0 fully saturated rings. The number of benzene rings is 2.